The Morgan fingerprint density at radius 1 is 1.32 bits per heavy atom. The Morgan fingerprint density at radius 2 is 2.14 bits per heavy atom. The second-order valence-electron chi connectivity index (χ2n) is 4.75. The molecule has 1 amide bonds. The van der Waals surface area contributed by atoms with E-state index in [0.717, 1.165) is 11.4 Å². The molecule has 118 valence electrons. The topological polar surface area (TPSA) is 89.3 Å². The first-order chi connectivity index (χ1) is 10.8. The Morgan fingerprint density at radius 3 is 2.91 bits per heavy atom. The minimum atomic E-state index is -0.0678. The highest BCUT2D eigenvalue weighted by Crippen LogP contribution is 2.10. The van der Waals surface area contributed by atoms with Crippen LogP contribution < -0.4 is 10.1 Å². The van der Waals surface area contributed by atoms with E-state index in [2.05, 4.69) is 15.6 Å². The van der Waals surface area contributed by atoms with Gasteiger partial charge >= 0.3 is 0 Å². The summed E-state index contributed by atoms with van der Waals surface area (Å²) >= 11 is 0. The van der Waals surface area contributed by atoms with Crippen molar-refractivity contribution in [2.45, 2.75) is 26.0 Å². The Kier molecular flexibility index (Phi) is 6.38. The maximum absolute atomic E-state index is 11.4. The summed E-state index contributed by atoms with van der Waals surface area (Å²) < 4.78 is 7.29. The summed E-state index contributed by atoms with van der Waals surface area (Å²) in [6.07, 6.45) is 2.88. The molecule has 1 aromatic carbocycles. The number of nitrogens with zero attached hydrogens (tertiary/aromatic N) is 3. The van der Waals surface area contributed by atoms with Crippen LogP contribution in [0.4, 0.5) is 0 Å². The van der Waals surface area contributed by atoms with E-state index >= 15 is 0 Å². The fraction of sp³-hybridized carbons (Fsp3) is 0.400. The number of aliphatic hydroxyl groups excluding tert-OH is 1. The molecule has 1 heterocycles. The average molecular weight is 304 g/mol. The van der Waals surface area contributed by atoms with Crippen LogP contribution in [0.15, 0.2) is 36.5 Å². The van der Waals surface area contributed by atoms with Crippen LogP contribution in [0.1, 0.15) is 18.5 Å². The van der Waals surface area contributed by atoms with E-state index < -0.39 is 0 Å². The highest BCUT2D eigenvalue weighted by atomic mass is 16.5. The molecule has 0 spiro atoms. The quantitative estimate of drug-likeness (QED) is 0.713. The third-order valence-electron chi connectivity index (χ3n) is 2.94. The van der Waals surface area contributed by atoms with E-state index in [0.29, 0.717) is 32.5 Å². The maximum atomic E-state index is 11.4. The Hall–Kier alpha value is -2.41. The number of amides is 1. The minimum Gasteiger partial charge on any atom is -0.487 e. The predicted octanol–water partition coefficient (Wildman–Crippen LogP) is 0.746. The van der Waals surface area contributed by atoms with E-state index in [4.69, 9.17) is 9.84 Å². The monoisotopic (exact) mass is 304 g/mol. The van der Waals surface area contributed by atoms with Gasteiger partial charge in [-0.1, -0.05) is 23.4 Å². The first-order valence-corrected chi connectivity index (χ1v) is 7.22. The molecule has 2 N–H and O–H groups in total. The van der Waals surface area contributed by atoms with Crippen molar-refractivity contribution >= 4 is 5.91 Å². The van der Waals surface area contributed by atoms with Crippen molar-refractivity contribution in [1.29, 1.82) is 0 Å². The molecule has 7 heteroatoms. The molecule has 2 aromatic rings. The van der Waals surface area contributed by atoms with E-state index in [1.807, 2.05) is 36.5 Å². The molecule has 0 aliphatic rings. The molecule has 0 saturated heterocycles. The Balaban J connectivity index is 1.69. The largest absolute Gasteiger partial charge is 0.487 e. The number of aromatic nitrogens is 3. The maximum Gasteiger partial charge on any atom is 0.220 e. The number of carbonyl (C=O) groups excluding carboxylic acids is 1. The van der Waals surface area contributed by atoms with E-state index in [1.54, 1.807) is 4.68 Å². The predicted molar refractivity (Wildman–Crippen MR) is 80.1 cm³/mol. The van der Waals surface area contributed by atoms with E-state index in [9.17, 15) is 4.79 Å². The van der Waals surface area contributed by atoms with Crippen LogP contribution in [0.3, 0.4) is 0 Å². The minimum absolute atomic E-state index is 0.0421. The van der Waals surface area contributed by atoms with Crippen LogP contribution in [0.25, 0.3) is 0 Å². The lowest BCUT2D eigenvalue weighted by atomic mass is 10.3. The normalized spacial score (nSPS) is 10.4. The van der Waals surface area contributed by atoms with Gasteiger partial charge in [0.1, 0.15) is 18.1 Å². The van der Waals surface area contributed by atoms with Gasteiger partial charge in [-0.25, -0.2) is 0 Å². The molecular formula is C15H20N4O3. The number of para-hydroxylation sites is 1. The smallest absolute Gasteiger partial charge is 0.220 e. The molecule has 2 rings (SSSR count). The van der Waals surface area contributed by atoms with E-state index in [1.165, 1.54) is 0 Å². The molecule has 0 atom stereocenters. The highest BCUT2D eigenvalue weighted by molar-refractivity contribution is 5.75. The first-order valence-electron chi connectivity index (χ1n) is 7.22. The molecule has 0 unspecified atom stereocenters. The van der Waals surface area contributed by atoms with Crippen molar-refractivity contribution in [3.8, 4) is 5.75 Å². The first kappa shape index (κ1) is 16.0. The summed E-state index contributed by atoms with van der Waals surface area (Å²) in [5, 5.41) is 19.2. The zero-order chi connectivity index (χ0) is 15.6. The number of hydrogen-bond donors (Lipinski definition) is 2. The number of hydrogen-bond acceptors (Lipinski definition) is 5. The molecule has 1 aromatic heterocycles. The van der Waals surface area contributed by atoms with Crippen LogP contribution in [-0.4, -0.2) is 39.2 Å². The zero-order valence-electron chi connectivity index (χ0n) is 12.3. The number of benzene rings is 1. The van der Waals surface area contributed by atoms with Gasteiger partial charge < -0.3 is 15.2 Å². The lowest BCUT2D eigenvalue weighted by Gasteiger charge is -2.03. The molecule has 7 nitrogen and oxygen atoms in total. The third kappa shape index (κ3) is 5.53. The van der Waals surface area contributed by atoms with Gasteiger partial charge in [-0.15, -0.1) is 5.10 Å². The molecule has 0 fully saturated rings. The molecule has 0 radical (unpaired) electrons. The van der Waals surface area contributed by atoms with Crippen molar-refractivity contribution < 1.29 is 14.6 Å². The molecule has 0 saturated carbocycles. The van der Waals surface area contributed by atoms with Crippen LogP contribution in [0, 0.1) is 0 Å². The van der Waals surface area contributed by atoms with Crippen molar-refractivity contribution in [3.63, 3.8) is 0 Å². The summed E-state index contributed by atoms with van der Waals surface area (Å²) in [5.74, 6) is 0.722. The Bertz CT molecular complexity index is 571. The van der Waals surface area contributed by atoms with Crippen molar-refractivity contribution in [3.05, 3.63) is 42.2 Å². The number of ether oxygens (including phenoxy) is 1. The lowest BCUT2D eigenvalue weighted by Crippen LogP contribution is -2.26. The molecule has 0 bridgehead atoms. The molecule has 0 aliphatic carbocycles. The number of carbonyl (C=O) groups is 1. The summed E-state index contributed by atoms with van der Waals surface area (Å²) in [7, 11) is 0. The number of aliphatic hydroxyl groups is 1. The van der Waals surface area contributed by atoms with Crippen molar-refractivity contribution in [2.24, 2.45) is 0 Å². The van der Waals surface area contributed by atoms with Crippen LogP contribution in [0.5, 0.6) is 5.75 Å². The second-order valence-corrected chi connectivity index (χ2v) is 4.75. The van der Waals surface area contributed by atoms with Gasteiger partial charge in [0.15, 0.2) is 0 Å². The van der Waals surface area contributed by atoms with Crippen LogP contribution in [0.2, 0.25) is 0 Å². The van der Waals surface area contributed by atoms with Gasteiger partial charge in [0.05, 0.1) is 12.8 Å². The zero-order valence-corrected chi connectivity index (χ0v) is 12.3. The van der Waals surface area contributed by atoms with Crippen molar-refractivity contribution in [1.82, 2.24) is 20.3 Å². The van der Waals surface area contributed by atoms with Crippen LogP contribution in [-0.2, 0) is 17.9 Å². The summed E-state index contributed by atoms with van der Waals surface area (Å²) in [6, 6.07) is 9.52. The fourth-order valence-corrected chi connectivity index (χ4v) is 1.87. The molecular weight excluding hydrogens is 284 g/mol. The van der Waals surface area contributed by atoms with Gasteiger partial charge in [-0.05, 0) is 18.6 Å². The number of rotatable bonds is 9. The lowest BCUT2D eigenvalue weighted by molar-refractivity contribution is -0.121. The van der Waals surface area contributed by atoms with E-state index in [-0.39, 0.29) is 12.5 Å². The fourth-order valence-electron chi connectivity index (χ4n) is 1.87. The number of aryl methyl sites for hydroxylation is 1. The summed E-state index contributed by atoms with van der Waals surface area (Å²) in [6.45, 7) is 1.23. The average Bonchev–Trinajstić information content (AvgIpc) is 3.00. The SMILES string of the molecule is O=C(CCCn1cc(COc2ccccc2)nn1)NCCO. The molecule has 0 aliphatic heterocycles. The molecule has 22 heavy (non-hydrogen) atoms. The van der Waals surface area contributed by atoms with Crippen LogP contribution >= 0.6 is 0 Å². The Labute approximate surface area is 128 Å². The van der Waals surface area contributed by atoms with Crippen molar-refractivity contribution in [2.75, 3.05) is 13.2 Å². The second kappa shape index (κ2) is 8.78. The van der Waals surface area contributed by atoms with Gasteiger partial charge in [-0.2, -0.15) is 0 Å². The summed E-state index contributed by atoms with van der Waals surface area (Å²) in [4.78, 5) is 11.4. The van der Waals surface area contributed by atoms with Gasteiger partial charge in [-0.3, -0.25) is 9.48 Å². The highest BCUT2D eigenvalue weighted by Gasteiger charge is 2.04. The van der Waals surface area contributed by atoms with Gasteiger partial charge in [0.2, 0.25) is 5.91 Å². The standard InChI is InChI=1S/C15H20N4O3/c20-10-8-16-15(21)7-4-9-19-11-13(17-18-19)12-22-14-5-2-1-3-6-14/h1-3,5-6,11,20H,4,7-10,12H2,(H,16,21). The number of nitrogens with one attached hydrogen (secondary N) is 1. The third-order valence-corrected chi connectivity index (χ3v) is 2.94. The van der Waals surface area contributed by atoms with Gasteiger partial charge in [0, 0.05) is 19.5 Å². The van der Waals surface area contributed by atoms with Gasteiger partial charge in [0.25, 0.3) is 0 Å². The summed E-state index contributed by atoms with van der Waals surface area (Å²) in [5.41, 5.74) is 0.744.